The third-order valence-electron chi connectivity index (χ3n) is 4.73. The van der Waals surface area contributed by atoms with E-state index in [2.05, 4.69) is 11.6 Å². The fourth-order valence-electron chi connectivity index (χ4n) is 2.94. The highest BCUT2D eigenvalue weighted by Gasteiger charge is 2.20. The van der Waals surface area contributed by atoms with Crippen molar-refractivity contribution in [1.29, 1.82) is 0 Å². The molecule has 0 atom stereocenters. The number of piperidine rings is 1. The first kappa shape index (κ1) is 20.1. The summed E-state index contributed by atoms with van der Waals surface area (Å²) in [4.78, 5) is 14.0. The normalized spacial score (nSPS) is 15.3. The number of anilines is 1. The van der Waals surface area contributed by atoms with E-state index in [1.54, 1.807) is 4.90 Å². The molecule has 3 rings (SSSR count). The second-order valence-electron chi connectivity index (χ2n) is 6.94. The van der Waals surface area contributed by atoms with E-state index in [1.165, 1.54) is 48.5 Å². The molecule has 1 fully saturated rings. The van der Waals surface area contributed by atoms with Gasteiger partial charge in [-0.25, -0.2) is 12.8 Å². The fourth-order valence-corrected chi connectivity index (χ4v) is 4.00. The minimum Gasteiger partial charge on any atom is -0.484 e. The van der Waals surface area contributed by atoms with E-state index in [-0.39, 0.29) is 23.1 Å². The number of hydrogen-bond acceptors (Lipinski definition) is 4. The molecule has 0 radical (unpaired) electrons. The van der Waals surface area contributed by atoms with Gasteiger partial charge in [0.2, 0.25) is 0 Å². The zero-order valence-corrected chi connectivity index (χ0v) is 16.4. The number of hydrogen-bond donors (Lipinski definition) is 1. The molecule has 0 aromatic heterocycles. The number of halogens is 1. The maximum atomic E-state index is 12.9. The number of nitrogens with zero attached hydrogens (tertiary/aromatic N) is 1. The van der Waals surface area contributed by atoms with E-state index >= 15 is 0 Å². The summed E-state index contributed by atoms with van der Waals surface area (Å²) in [6.45, 7) is 3.60. The van der Waals surface area contributed by atoms with Crippen LogP contribution in [0.4, 0.5) is 10.1 Å². The number of benzene rings is 2. The Kier molecular flexibility index (Phi) is 6.18. The van der Waals surface area contributed by atoms with Gasteiger partial charge in [0.15, 0.2) is 6.61 Å². The summed E-state index contributed by atoms with van der Waals surface area (Å²) in [6.07, 6.45) is 2.00. The van der Waals surface area contributed by atoms with Crippen LogP contribution in [0, 0.1) is 11.7 Å². The highest BCUT2D eigenvalue weighted by atomic mass is 32.2. The summed E-state index contributed by atoms with van der Waals surface area (Å²) < 4.78 is 45.6. The van der Waals surface area contributed by atoms with Crippen molar-refractivity contribution in [3.8, 4) is 5.75 Å². The molecule has 1 N–H and O–H groups in total. The maximum absolute atomic E-state index is 12.9. The fraction of sp³-hybridized carbons (Fsp3) is 0.350. The summed E-state index contributed by atoms with van der Waals surface area (Å²) in [5, 5.41) is 0. The molecule has 1 heterocycles. The number of amides is 1. The van der Waals surface area contributed by atoms with Crippen LogP contribution in [-0.2, 0) is 14.8 Å². The summed E-state index contributed by atoms with van der Waals surface area (Å²) in [5.41, 5.74) is 0.267. The number of rotatable bonds is 6. The van der Waals surface area contributed by atoms with Crippen LogP contribution in [0.1, 0.15) is 19.8 Å². The molecule has 0 bridgehead atoms. The van der Waals surface area contributed by atoms with Crippen LogP contribution in [0.2, 0.25) is 0 Å². The SMILES string of the molecule is CC1CCN(C(=O)COc2ccc(S(=O)(=O)Nc3ccc(F)cc3)cc2)CC1. The number of carbonyl (C=O) groups excluding carboxylic acids is 1. The number of likely N-dealkylation sites (tertiary alicyclic amines) is 1. The van der Waals surface area contributed by atoms with E-state index in [9.17, 15) is 17.6 Å². The Balaban J connectivity index is 1.56. The van der Waals surface area contributed by atoms with Crippen molar-refractivity contribution in [3.63, 3.8) is 0 Å². The average Bonchev–Trinajstić information content (AvgIpc) is 2.68. The zero-order chi connectivity index (χ0) is 20.1. The molecule has 1 aliphatic rings. The van der Waals surface area contributed by atoms with Crippen molar-refractivity contribution >= 4 is 21.6 Å². The van der Waals surface area contributed by atoms with Gasteiger partial charge in [0.05, 0.1) is 4.90 Å². The second-order valence-corrected chi connectivity index (χ2v) is 8.62. The first-order valence-corrected chi connectivity index (χ1v) is 10.6. The van der Waals surface area contributed by atoms with E-state index in [4.69, 9.17) is 4.74 Å². The molecule has 2 aromatic carbocycles. The first-order valence-electron chi connectivity index (χ1n) is 9.12. The highest BCUT2D eigenvalue weighted by molar-refractivity contribution is 7.92. The molecule has 8 heteroatoms. The topological polar surface area (TPSA) is 75.7 Å². The van der Waals surface area contributed by atoms with Crippen LogP contribution in [0.3, 0.4) is 0 Å². The molecule has 2 aromatic rings. The van der Waals surface area contributed by atoms with Crippen molar-refractivity contribution in [2.75, 3.05) is 24.4 Å². The second kappa shape index (κ2) is 8.60. The standard InChI is InChI=1S/C20H23FN2O4S/c1-15-10-12-23(13-11-15)20(24)14-27-18-6-8-19(9-7-18)28(25,26)22-17-4-2-16(21)3-5-17/h2-9,15,22H,10-14H2,1H3. The van der Waals surface area contributed by atoms with Crippen LogP contribution >= 0.6 is 0 Å². The van der Waals surface area contributed by atoms with Crippen molar-refractivity contribution in [2.24, 2.45) is 5.92 Å². The molecule has 150 valence electrons. The Morgan fingerprint density at radius 3 is 2.32 bits per heavy atom. The molecular weight excluding hydrogens is 383 g/mol. The van der Waals surface area contributed by atoms with Gasteiger partial charge in [-0.2, -0.15) is 0 Å². The summed E-state index contributed by atoms with van der Waals surface area (Å²) >= 11 is 0. The molecule has 1 aliphatic heterocycles. The van der Waals surface area contributed by atoms with Gasteiger partial charge < -0.3 is 9.64 Å². The Morgan fingerprint density at radius 2 is 1.71 bits per heavy atom. The molecular formula is C20H23FN2O4S. The minimum atomic E-state index is -3.80. The van der Waals surface area contributed by atoms with Crippen LogP contribution in [0.5, 0.6) is 5.75 Å². The molecule has 6 nitrogen and oxygen atoms in total. The van der Waals surface area contributed by atoms with Crippen LogP contribution < -0.4 is 9.46 Å². The van der Waals surface area contributed by atoms with Gasteiger partial charge in [-0.15, -0.1) is 0 Å². The van der Waals surface area contributed by atoms with E-state index in [0.29, 0.717) is 11.7 Å². The highest BCUT2D eigenvalue weighted by Crippen LogP contribution is 2.20. The smallest absolute Gasteiger partial charge is 0.261 e. The maximum Gasteiger partial charge on any atom is 0.261 e. The lowest BCUT2D eigenvalue weighted by Crippen LogP contribution is -2.40. The van der Waals surface area contributed by atoms with E-state index in [0.717, 1.165) is 25.9 Å². The molecule has 1 amide bonds. The predicted octanol–water partition coefficient (Wildman–Crippen LogP) is 3.26. The summed E-state index contributed by atoms with van der Waals surface area (Å²) in [5.74, 6) is 0.544. The third kappa shape index (κ3) is 5.22. The summed E-state index contributed by atoms with van der Waals surface area (Å²) in [6, 6.07) is 10.8. The largest absolute Gasteiger partial charge is 0.484 e. The van der Waals surface area contributed by atoms with E-state index < -0.39 is 15.8 Å². The van der Waals surface area contributed by atoms with Gasteiger partial charge in [0.25, 0.3) is 15.9 Å². The molecule has 0 saturated carbocycles. The van der Waals surface area contributed by atoms with E-state index in [1.807, 2.05) is 0 Å². The lowest BCUT2D eigenvalue weighted by atomic mass is 9.99. The number of carbonyl (C=O) groups is 1. The van der Waals surface area contributed by atoms with Gasteiger partial charge in [-0.05, 0) is 67.3 Å². The van der Waals surface area contributed by atoms with Crippen LogP contribution in [0.25, 0.3) is 0 Å². The van der Waals surface area contributed by atoms with Gasteiger partial charge in [0.1, 0.15) is 11.6 Å². The average molecular weight is 406 g/mol. The van der Waals surface area contributed by atoms with Gasteiger partial charge >= 0.3 is 0 Å². The molecule has 0 spiro atoms. The Bertz CT molecular complexity index is 906. The first-order chi connectivity index (χ1) is 13.3. The Hall–Kier alpha value is -2.61. The van der Waals surface area contributed by atoms with Crippen LogP contribution in [0.15, 0.2) is 53.4 Å². The van der Waals surface area contributed by atoms with Gasteiger partial charge in [0, 0.05) is 18.8 Å². The lowest BCUT2D eigenvalue weighted by molar-refractivity contribution is -0.134. The quantitative estimate of drug-likeness (QED) is 0.799. The van der Waals surface area contributed by atoms with Crippen molar-refractivity contribution in [3.05, 3.63) is 54.3 Å². The molecule has 28 heavy (non-hydrogen) atoms. The summed E-state index contributed by atoms with van der Waals surface area (Å²) in [7, 11) is -3.80. The van der Waals surface area contributed by atoms with Crippen molar-refractivity contribution in [2.45, 2.75) is 24.7 Å². The van der Waals surface area contributed by atoms with Gasteiger partial charge in [-0.3, -0.25) is 9.52 Å². The lowest BCUT2D eigenvalue weighted by Gasteiger charge is -2.30. The molecule has 0 unspecified atom stereocenters. The monoisotopic (exact) mass is 406 g/mol. The Labute approximate surface area is 164 Å². The van der Waals surface area contributed by atoms with Crippen LogP contribution in [-0.4, -0.2) is 38.9 Å². The number of nitrogens with one attached hydrogen (secondary N) is 1. The zero-order valence-electron chi connectivity index (χ0n) is 15.6. The third-order valence-corrected chi connectivity index (χ3v) is 6.13. The van der Waals surface area contributed by atoms with Crippen molar-refractivity contribution in [1.82, 2.24) is 4.90 Å². The van der Waals surface area contributed by atoms with Gasteiger partial charge in [-0.1, -0.05) is 6.92 Å². The van der Waals surface area contributed by atoms with Crippen molar-refractivity contribution < 1.29 is 22.3 Å². The molecule has 0 aliphatic carbocycles. The Morgan fingerprint density at radius 1 is 1.11 bits per heavy atom. The minimum absolute atomic E-state index is 0.0421. The number of sulfonamides is 1. The predicted molar refractivity (Wildman–Crippen MR) is 104 cm³/mol. The number of ether oxygens (including phenoxy) is 1. The molecule has 1 saturated heterocycles.